The number of sulfone groups is 1. The van der Waals surface area contributed by atoms with Gasteiger partial charge in [-0.3, -0.25) is 4.90 Å². The lowest BCUT2D eigenvalue weighted by Crippen LogP contribution is -2.37. The molecule has 2 atom stereocenters. The number of ether oxygens (including phenoxy) is 3. The fraction of sp³-hybridized carbons (Fsp3) is 0.391. The third-order valence-corrected chi connectivity index (χ3v) is 7.64. The fourth-order valence-corrected chi connectivity index (χ4v) is 6.41. The lowest BCUT2D eigenvalue weighted by Gasteiger charge is -2.23. The number of hydrogen-bond acceptors (Lipinski definition) is 7. The third-order valence-electron chi connectivity index (χ3n) is 5.95. The Morgan fingerprint density at radius 1 is 1.06 bits per heavy atom. The number of carbonyl (C=O) groups excluding carboxylic acids is 2. The second-order valence-corrected chi connectivity index (χ2v) is 10.1. The zero-order valence-electron chi connectivity index (χ0n) is 18.7. The van der Waals surface area contributed by atoms with Crippen LogP contribution in [-0.2, 0) is 21.1 Å². The molecular formula is C23H26N2O7S. The van der Waals surface area contributed by atoms with Crippen molar-refractivity contribution in [3.63, 3.8) is 0 Å². The maximum atomic E-state index is 13.5. The molecule has 2 aliphatic rings. The monoisotopic (exact) mass is 474 g/mol. The summed E-state index contributed by atoms with van der Waals surface area (Å²) >= 11 is 0. The lowest BCUT2D eigenvalue weighted by molar-refractivity contribution is 0.0600. The van der Waals surface area contributed by atoms with Crippen molar-refractivity contribution >= 4 is 27.5 Å². The Morgan fingerprint density at radius 3 is 2.39 bits per heavy atom. The average molecular weight is 475 g/mol. The summed E-state index contributed by atoms with van der Waals surface area (Å²) in [6.07, 6.45) is 0. The van der Waals surface area contributed by atoms with Gasteiger partial charge in [0.1, 0.15) is 11.5 Å². The maximum absolute atomic E-state index is 13.5. The molecule has 33 heavy (non-hydrogen) atoms. The van der Waals surface area contributed by atoms with Crippen LogP contribution in [0.4, 0.5) is 10.5 Å². The van der Waals surface area contributed by atoms with Gasteiger partial charge in [-0.05, 0) is 49.4 Å². The van der Waals surface area contributed by atoms with Gasteiger partial charge in [0.15, 0.2) is 9.84 Å². The van der Waals surface area contributed by atoms with Gasteiger partial charge in [0, 0.05) is 11.3 Å². The van der Waals surface area contributed by atoms with Crippen molar-refractivity contribution in [2.45, 2.75) is 25.6 Å². The van der Waals surface area contributed by atoms with Gasteiger partial charge in [-0.2, -0.15) is 0 Å². The first-order chi connectivity index (χ1) is 15.8. The van der Waals surface area contributed by atoms with Crippen LogP contribution in [0.25, 0.3) is 0 Å². The first-order valence-corrected chi connectivity index (χ1v) is 12.4. The molecule has 0 aliphatic carbocycles. The Morgan fingerprint density at radius 2 is 1.76 bits per heavy atom. The predicted molar refractivity (Wildman–Crippen MR) is 122 cm³/mol. The molecule has 2 aromatic carbocycles. The van der Waals surface area contributed by atoms with Crippen LogP contribution in [0.15, 0.2) is 42.5 Å². The molecule has 2 aromatic rings. The summed E-state index contributed by atoms with van der Waals surface area (Å²) in [7, 11) is -0.531. The molecule has 4 rings (SSSR count). The largest absolute Gasteiger partial charge is 0.496 e. The molecule has 2 aliphatic heterocycles. The highest BCUT2D eigenvalue weighted by Gasteiger charge is 2.54. The van der Waals surface area contributed by atoms with Crippen LogP contribution in [0.5, 0.6) is 11.5 Å². The number of anilines is 1. The molecular weight excluding hydrogens is 448 g/mol. The summed E-state index contributed by atoms with van der Waals surface area (Å²) in [5.74, 6) is 0.434. The number of hydrogen-bond donors (Lipinski definition) is 0. The summed E-state index contributed by atoms with van der Waals surface area (Å²) in [6, 6.07) is 10.5. The van der Waals surface area contributed by atoms with Crippen LogP contribution in [0.3, 0.4) is 0 Å². The lowest BCUT2D eigenvalue weighted by atomic mass is 10.1. The summed E-state index contributed by atoms with van der Waals surface area (Å²) in [4.78, 5) is 28.6. The minimum atomic E-state index is -3.32. The van der Waals surface area contributed by atoms with Crippen LogP contribution in [0.2, 0.25) is 0 Å². The quantitative estimate of drug-likeness (QED) is 0.449. The maximum Gasteiger partial charge on any atom is 0.337 e. The van der Waals surface area contributed by atoms with E-state index in [0.29, 0.717) is 34.9 Å². The summed E-state index contributed by atoms with van der Waals surface area (Å²) < 4.78 is 40.7. The van der Waals surface area contributed by atoms with Crippen molar-refractivity contribution in [3.8, 4) is 11.5 Å². The van der Waals surface area contributed by atoms with Crippen molar-refractivity contribution in [1.82, 2.24) is 4.90 Å². The first-order valence-electron chi connectivity index (χ1n) is 10.6. The highest BCUT2D eigenvalue weighted by Crippen LogP contribution is 2.37. The van der Waals surface area contributed by atoms with Crippen molar-refractivity contribution in [2.75, 3.05) is 37.2 Å². The summed E-state index contributed by atoms with van der Waals surface area (Å²) in [6.45, 7) is 2.50. The number of benzene rings is 2. The Balaban J connectivity index is 1.69. The van der Waals surface area contributed by atoms with Gasteiger partial charge < -0.3 is 19.1 Å². The Bertz CT molecular complexity index is 1160. The molecule has 0 saturated carbocycles. The Hall–Kier alpha value is -3.27. The molecule has 0 bridgehead atoms. The normalized spacial score (nSPS) is 21.1. The van der Waals surface area contributed by atoms with E-state index in [4.69, 9.17) is 14.2 Å². The molecule has 2 heterocycles. The Kier molecular flexibility index (Phi) is 6.20. The van der Waals surface area contributed by atoms with Crippen LogP contribution in [0, 0.1) is 0 Å². The number of rotatable bonds is 7. The van der Waals surface area contributed by atoms with E-state index in [1.54, 1.807) is 52.3 Å². The van der Waals surface area contributed by atoms with Gasteiger partial charge >= 0.3 is 12.0 Å². The van der Waals surface area contributed by atoms with Crippen molar-refractivity contribution in [3.05, 3.63) is 53.6 Å². The molecule has 9 nitrogen and oxygen atoms in total. The Labute approximate surface area is 192 Å². The molecule has 10 heteroatoms. The van der Waals surface area contributed by atoms with Gasteiger partial charge in [-0.1, -0.05) is 0 Å². The highest BCUT2D eigenvalue weighted by molar-refractivity contribution is 7.91. The SMILES string of the molecule is CCOc1ccc(N2C(=O)N(Cc3cc(C(=O)OC)ccc3OC)C3CS(=O)(=O)CC32)cc1. The van der Waals surface area contributed by atoms with Gasteiger partial charge in [0.05, 0.1) is 56.5 Å². The van der Waals surface area contributed by atoms with Crippen LogP contribution < -0.4 is 14.4 Å². The van der Waals surface area contributed by atoms with Gasteiger partial charge in [-0.25, -0.2) is 18.0 Å². The molecule has 2 amide bonds. The molecule has 0 N–H and O–H groups in total. The number of urea groups is 1. The summed E-state index contributed by atoms with van der Waals surface area (Å²) in [5, 5.41) is 0. The molecule has 0 radical (unpaired) electrons. The van der Waals surface area contributed by atoms with Crippen LogP contribution in [0.1, 0.15) is 22.8 Å². The van der Waals surface area contributed by atoms with Crippen LogP contribution in [-0.4, -0.2) is 69.7 Å². The molecule has 2 unspecified atom stereocenters. The average Bonchev–Trinajstić information content (AvgIpc) is 3.23. The number of methoxy groups -OCH3 is 2. The van der Waals surface area contributed by atoms with E-state index in [9.17, 15) is 18.0 Å². The zero-order valence-corrected chi connectivity index (χ0v) is 19.5. The number of carbonyl (C=O) groups is 2. The molecule has 0 aromatic heterocycles. The van der Waals surface area contributed by atoms with E-state index in [1.807, 2.05) is 6.92 Å². The van der Waals surface area contributed by atoms with E-state index in [-0.39, 0.29) is 24.1 Å². The summed E-state index contributed by atoms with van der Waals surface area (Å²) in [5.41, 5.74) is 1.51. The minimum Gasteiger partial charge on any atom is -0.496 e. The predicted octanol–water partition coefficient (Wildman–Crippen LogP) is 2.49. The number of esters is 1. The molecule has 2 saturated heterocycles. The van der Waals surface area contributed by atoms with E-state index >= 15 is 0 Å². The van der Waals surface area contributed by atoms with Crippen molar-refractivity contribution in [2.24, 2.45) is 0 Å². The van der Waals surface area contributed by atoms with E-state index in [1.165, 1.54) is 14.2 Å². The van der Waals surface area contributed by atoms with E-state index in [0.717, 1.165) is 0 Å². The second kappa shape index (κ2) is 8.93. The standard InChI is InChI=1S/C23H26N2O7S/c1-4-32-18-8-6-17(7-9-18)25-20-14-33(28,29)13-19(20)24(23(25)27)12-16-11-15(22(26)31-3)5-10-21(16)30-2/h5-11,19-20H,4,12-14H2,1-3H3. The zero-order chi connectivity index (χ0) is 23.8. The fourth-order valence-electron chi connectivity index (χ4n) is 4.46. The van der Waals surface area contributed by atoms with E-state index < -0.39 is 27.9 Å². The van der Waals surface area contributed by atoms with Crippen molar-refractivity contribution in [1.29, 1.82) is 0 Å². The molecule has 0 spiro atoms. The number of fused-ring (bicyclic) bond motifs is 1. The van der Waals surface area contributed by atoms with Crippen molar-refractivity contribution < 1.29 is 32.2 Å². The van der Waals surface area contributed by atoms with Gasteiger partial charge in [0.25, 0.3) is 0 Å². The molecule has 2 fully saturated rings. The smallest absolute Gasteiger partial charge is 0.337 e. The topological polar surface area (TPSA) is 102 Å². The number of nitrogens with zero attached hydrogens (tertiary/aromatic N) is 2. The third kappa shape index (κ3) is 4.35. The van der Waals surface area contributed by atoms with Gasteiger partial charge in [-0.15, -0.1) is 0 Å². The second-order valence-electron chi connectivity index (χ2n) is 7.94. The number of amides is 2. The molecule has 176 valence electrons. The highest BCUT2D eigenvalue weighted by atomic mass is 32.2. The van der Waals surface area contributed by atoms with Crippen LogP contribution >= 0.6 is 0 Å². The minimum absolute atomic E-state index is 0.0943. The van der Waals surface area contributed by atoms with E-state index in [2.05, 4.69) is 0 Å². The first kappa shape index (κ1) is 22.9. The van der Waals surface area contributed by atoms with Gasteiger partial charge in [0.2, 0.25) is 0 Å².